The number of aliphatic hydroxyl groups is 1. The summed E-state index contributed by atoms with van der Waals surface area (Å²) in [5, 5.41) is 16.3. The summed E-state index contributed by atoms with van der Waals surface area (Å²) < 4.78 is 45.3. The van der Waals surface area contributed by atoms with Crippen molar-refractivity contribution in [3.05, 3.63) is 213 Å². The molecule has 2 saturated heterocycles. The van der Waals surface area contributed by atoms with Crippen LogP contribution in [0.5, 0.6) is 11.5 Å². The summed E-state index contributed by atoms with van der Waals surface area (Å²) >= 11 is 5.59. The quantitative estimate of drug-likeness (QED) is 0.0495. The molecule has 4 heterocycles. The van der Waals surface area contributed by atoms with E-state index in [0.29, 0.717) is 22.6 Å². The van der Waals surface area contributed by atoms with E-state index in [1.807, 2.05) is 78.9 Å². The molecular weight excluding hydrogens is 992 g/mol. The van der Waals surface area contributed by atoms with Gasteiger partial charge in [0.25, 0.3) is 11.8 Å². The minimum absolute atomic E-state index is 0.0146. The number of rotatable bonds is 19. The van der Waals surface area contributed by atoms with Crippen LogP contribution in [-0.4, -0.2) is 92.8 Å². The Labute approximate surface area is 429 Å². The van der Waals surface area contributed by atoms with Crippen molar-refractivity contribution in [1.29, 1.82) is 0 Å². The second-order valence-corrected chi connectivity index (χ2v) is 20.0. The molecule has 0 spiro atoms. The first-order chi connectivity index (χ1) is 35.8. The van der Waals surface area contributed by atoms with Crippen molar-refractivity contribution < 1.29 is 52.3 Å². The lowest BCUT2D eigenvalue weighted by atomic mass is 9.80. The summed E-state index contributed by atoms with van der Waals surface area (Å²) in [5.41, 5.74) is 0.154. The maximum absolute atomic E-state index is 13.7. The van der Waals surface area contributed by atoms with E-state index in [0.717, 1.165) is 16.7 Å². The number of hydrogen-bond acceptors (Lipinski definition) is 15. The SMILES string of the molecule is COc1ccc(C(OC[C@H]2O[C@@H](n3ccc(NC(=O)c4ccccc4)nc3=O)C[C@@H]2OP(O)(=S)OC[C@H]2O[C@@H](n3ccc(NC(=O)c4ccccc4)nc3=O)C[C@@H]2O)(c2ccccc2)c2ccc(OC)cc2)cc1. The van der Waals surface area contributed by atoms with Crippen LogP contribution in [0.1, 0.15) is 62.7 Å². The molecule has 21 heteroatoms. The Morgan fingerprint density at radius 3 is 1.57 bits per heavy atom. The largest absolute Gasteiger partial charge is 0.497 e. The fourth-order valence-corrected chi connectivity index (χ4v) is 10.3. The molecule has 0 radical (unpaired) electrons. The van der Waals surface area contributed by atoms with E-state index < -0.39 is 79.0 Å². The third-order valence-corrected chi connectivity index (χ3v) is 14.1. The lowest BCUT2D eigenvalue weighted by molar-refractivity contribution is -0.0936. The number of hydrogen-bond donors (Lipinski definition) is 4. The number of methoxy groups -OCH3 is 2. The Hall–Kier alpha value is -7.23. The van der Waals surface area contributed by atoms with Crippen LogP contribution in [0, 0.1) is 0 Å². The predicted molar refractivity (Wildman–Crippen MR) is 274 cm³/mol. The first kappa shape index (κ1) is 51.7. The highest BCUT2D eigenvalue weighted by Gasteiger charge is 2.45. The number of benzene rings is 5. The van der Waals surface area contributed by atoms with E-state index in [2.05, 4.69) is 20.6 Å². The van der Waals surface area contributed by atoms with Gasteiger partial charge in [0.05, 0.1) is 39.6 Å². The number of carbonyl (C=O) groups is 2. The van der Waals surface area contributed by atoms with Crippen molar-refractivity contribution in [3.8, 4) is 11.5 Å². The van der Waals surface area contributed by atoms with Crippen molar-refractivity contribution in [1.82, 2.24) is 19.1 Å². The van der Waals surface area contributed by atoms with Gasteiger partial charge >= 0.3 is 18.1 Å². The molecule has 2 aromatic heterocycles. The minimum Gasteiger partial charge on any atom is -0.497 e. The zero-order chi connectivity index (χ0) is 51.8. The number of nitrogens with one attached hydrogen (secondary N) is 2. The van der Waals surface area contributed by atoms with E-state index >= 15 is 0 Å². The molecule has 2 aliphatic rings. The van der Waals surface area contributed by atoms with Crippen LogP contribution in [0.15, 0.2) is 174 Å². The van der Waals surface area contributed by atoms with E-state index in [9.17, 15) is 29.2 Å². The zero-order valence-corrected chi connectivity index (χ0v) is 41.6. The smallest absolute Gasteiger partial charge is 0.351 e. The number of anilines is 2. The molecule has 2 fully saturated rings. The van der Waals surface area contributed by atoms with Gasteiger partial charge in [-0.3, -0.25) is 18.7 Å². The summed E-state index contributed by atoms with van der Waals surface area (Å²) in [4.78, 5) is 72.3. The Kier molecular flexibility index (Phi) is 16.0. The van der Waals surface area contributed by atoms with Crippen LogP contribution >= 0.6 is 6.72 Å². The van der Waals surface area contributed by atoms with Crippen LogP contribution in [0.2, 0.25) is 0 Å². The third-order valence-electron chi connectivity index (χ3n) is 12.5. The summed E-state index contributed by atoms with van der Waals surface area (Å²) in [5.74, 6) is 0.373. The first-order valence-electron chi connectivity index (χ1n) is 23.4. The van der Waals surface area contributed by atoms with Gasteiger partial charge in [0, 0.05) is 36.4 Å². The Morgan fingerprint density at radius 2 is 1.09 bits per heavy atom. The van der Waals surface area contributed by atoms with Gasteiger partial charge in [-0.25, -0.2) is 9.59 Å². The van der Waals surface area contributed by atoms with Crippen molar-refractivity contribution in [2.24, 2.45) is 0 Å². The summed E-state index contributed by atoms with van der Waals surface area (Å²) in [7, 11) is 3.15. The molecule has 0 bridgehead atoms. The van der Waals surface area contributed by atoms with Crippen LogP contribution in [0.4, 0.5) is 11.6 Å². The second-order valence-electron chi connectivity index (χ2n) is 17.2. The van der Waals surface area contributed by atoms with Crippen molar-refractivity contribution >= 4 is 42.0 Å². The highest BCUT2D eigenvalue weighted by molar-refractivity contribution is 8.07. The van der Waals surface area contributed by atoms with Gasteiger partial charge in [0.15, 0.2) is 0 Å². The van der Waals surface area contributed by atoms with Gasteiger partial charge in [-0.05, 0) is 89.2 Å². The molecule has 74 heavy (non-hydrogen) atoms. The Bertz CT molecular complexity index is 3180. The molecule has 2 aliphatic heterocycles. The number of amides is 2. The lowest BCUT2D eigenvalue weighted by Crippen LogP contribution is -2.38. The number of aliphatic hydroxyl groups excluding tert-OH is 1. The third kappa shape index (κ3) is 11.7. The summed E-state index contributed by atoms with van der Waals surface area (Å²) in [6, 6.07) is 44.2. The van der Waals surface area contributed by atoms with E-state index in [1.165, 1.54) is 33.7 Å². The monoisotopic (exact) mass is 1040 g/mol. The van der Waals surface area contributed by atoms with Gasteiger partial charge < -0.3 is 53.4 Å². The average molecular weight is 1040 g/mol. The molecule has 4 N–H and O–H groups in total. The molecule has 7 aromatic rings. The molecule has 19 nitrogen and oxygen atoms in total. The zero-order valence-electron chi connectivity index (χ0n) is 39.9. The molecular formula is C53H51N6O13PS. The van der Waals surface area contributed by atoms with E-state index in [4.69, 9.17) is 44.5 Å². The molecule has 5 aromatic carbocycles. The van der Waals surface area contributed by atoms with Crippen molar-refractivity contribution in [2.75, 3.05) is 38.1 Å². The molecule has 1 unspecified atom stereocenters. The maximum Gasteiger partial charge on any atom is 0.351 e. The fraction of sp³-hybridized carbons (Fsp3) is 0.245. The molecule has 382 valence electrons. The van der Waals surface area contributed by atoms with Gasteiger partial charge in [0.2, 0.25) is 0 Å². The van der Waals surface area contributed by atoms with Gasteiger partial charge in [-0.15, -0.1) is 0 Å². The molecule has 2 amide bonds. The fourth-order valence-electron chi connectivity index (χ4n) is 8.78. The number of ether oxygens (including phenoxy) is 5. The predicted octanol–water partition coefficient (Wildman–Crippen LogP) is 6.59. The molecule has 9 rings (SSSR count). The second kappa shape index (κ2) is 22.9. The lowest BCUT2D eigenvalue weighted by Gasteiger charge is -2.37. The number of nitrogens with zero attached hydrogens (tertiary/aromatic N) is 4. The van der Waals surface area contributed by atoms with Crippen LogP contribution in [0.25, 0.3) is 0 Å². The average Bonchev–Trinajstić information content (AvgIpc) is 4.00. The Balaban J connectivity index is 0.959. The minimum atomic E-state index is -4.24. The van der Waals surface area contributed by atoms with Crippen LogP contribution in [0.3, 0.4) is 0 Å². The van der Waals surface area contributed by atoms with Crippen LogP contribution in [-0.2, 0) is 40.7 Å². The van der Waals surface area contributed by atoms with Gasteiger partial charge in [0.1, 0.15) is 53.4 Å². The highest BCUT2D eigenvalue weighted by atomic mass is 32.5. The Morgan fingerprint density at radius 1 is 0.649 bits per heavy atom. The maximum atomic E-state index is 13.7. The molecule has 7 atom stereocenters. The number of aromatic nitrogens is 4. The highest BCUT2D eigenvalue weighted by Crippen LogP contribution is 2.50. The molecule has 0 aliphatic carbocycles. The molecule has 0 saturated carbocycles. The van der Waals surface area contributed by atoms with Gasteiger partial charge in [-0.2, -0.15) is 9.97 Å². The van der Waals surface area contributed by atoms with Crippen molar-refractivity contribution in [2.45, 2.75) is 55.3 Å². The topological polar surface area (TPSA) is 233 Å². The normalized spacial score (nSPS) is 20.3. The summed E-state index contributed by atoms with van der Waals surface area (Å²) in [6.45, 7) is -4.89. The standard InChI is InChI=1S/C53H51N6O13PS/c1-66-39-22-18-37(19-23-39)53(36-16-10-5-11-17-36,38-20-24-40(67-2)25-21-38)68-32-44-42(31-48(71-44)59-29-27-46(57-52(59)64)55-50(62)35-14-8-4-9-15-35)72-73(65,74)69-33-43-41(60)30-47(70-43)58-28-26-45(56-51(58)63)54-49(61)34-12-6-3-7-13-34/h3-29,41-44,47-48,60H,30-33H2,1-2H3,(H,65,74)(H,54,56,61,63)(H,55,57,62,64)/t41-,42-,43+,44+,47+,48+,73?/m0/s1. The van der Waals surface area contributed by atoms with Crippen molar-refractivity contribution in [3.63, 3.8) is 0 Å². The van der Waals surface area contributed by atoms with Gasteiger partial charge in [-0.1, -0.05) is 91.0 Å². The van der Waals surface area contributed by atoms with Crippen LogP contribution < -0.4 is 31.5 Å². The number of carbonyl (C=O) groups excluding carboxylic acids is 2. The van der Waals surface area contributed by atoms with E-state index in [-0.39, 0.29) is 31.1 Å². The summed E-state index contributed by atoms with van der Waals surface area (Å²) in [6.07, 6.45) is -3.64. The first-order valence-corrected chi connectivity index (χ1v) is 26.0. The van der Waals surface area contributed by atoms with E-state index in [1.54, 1.807) is 74.9 Å².